The van der Waals surface area contributed by atoms with Crippen molar-refractivity contribution in [3.05, 3.63) is 12.3 Å². The predicted octanol–water partition coefficient (Wildman–Crippen LogP) is -0.420. The smallest absolute Gasteiger partial charge is 0.145 e. The molecule has 0 bridgehead atoms. The van der Waals surface area contributed by atoms with Gasteiger partial charge in [0.15, 0.2) is 0 Å². The van der Waals surface area contributed by atoms with Crippen molar-refractivity contribution in [3.8, 4) is 0 Å². The highest BCUT2D eigenvalue weighted by atomic mass is 16.5. The molecule has 1 heterocycles. The molecule has 0 saturated heterocycles. The number of hydrogen-bond acceptors (Lipinski definition) is 5. The first-order valence-electron chi connectivity index (χ1n) is 5.24. The first kappa shape index (κ1) is 13.0. The van der Waals surface area contributed by atoms with Crippen LogP contribution >= 0.6 is 0 Å². The number of aliphatic hydroxyl groups is 1. The zero-order chi connectivity index (χ0) is 12.2. The van der Waals surface area contributed by atoms with E-state index in [-0.39, 0.29) is 13.2 Å². The van der Waals surface area contributed by atoms with E-state index in [2.05, 4.69) is 5.10 Å². The van der Waals surface area contributed by atoms with Crippen molar-refractivity contribution in [1.82, 2.24) is 9.78 Å². The average molecular weight is 228 g/mol. The van der Waals surface area contributed by atoms with Crippen LogP contribution in [0.25, 0.3) is 0 Å². The molecule has 0 spiro atoms. The van der Waals surface area contributed by atoms with Gasteiger partial charge >= 0.3 is 0 Å². The van der Waals surface area contributed by atoms with E-state index >= 15 is 0 Å². The minimum absolute atomic E-state index is 0.199. The van der Waals surface area contributed by atoms with Gasteiger partial charge < -0.3 is 21.3 Å². The molecular formula is C10H20N4O2. The number of aliphatic hydroxyl groups excluding tert-OH is 1. The van der Waals surface area contributed by atoms with Gasteiger partial charge in [-0.05, 0) is 19.9 Å². The van der Waals surface area contributed by atoms with Crippen molar-refractivity contribution in [2.45, 2.75) is 32.1 Å². The molecule has 16 heavy (non-hydrogen) atoms. The minimum Gasteiger partial charge on any atom is -0.389 e. The van der Waals surface area contributed by atoms with Crippen molar-refractivity contribution in [1.29, 1.82) is 0 Å². The molecule has 1 aromatic heterocycles. The first-order chi connectivity index (χ1) is 7.43. The maximum Gasteiger partial charge on any atom is 0.145 e. The van der Waals surface area contributed by atoms with E-state index in [1.54, 1.807) is 16.9 Å². The van der Waals surface area contributed by atoms with Crippen LogP contribution in [0.2, 0.25) is 0 Å². The number of ether oxygens (including phenoxy) is 1. The molecule has 0 aliphatic heterocycles. The van der Waals surface area contributed by atoms with Gasteiger partial charge in [-0.3, -0.25) is 4.68 Å². The highest BCUT2D eigenvalue weighted by molar-refractivity contribution is 5.23. The van der Waals surface area contributed by atoms with Gasteiger partial charge in [-0.1, -0.05) is 0 Å². The molecule has 0 radical (unpaired) electrons. The van der Waals surface area contributed by atoms with Crippen LogP contribution in [-0.2, 0) is 11.3 Å². The van der Waals surface area contributed by atoms with Crippen LogP contribution in [0.3, 0.4) is 0 Å². The second-order valence-electron chi connectivity index (χ2n) is 4.40. The number of aromatic nitrogens is 2. The van der Waals surface area contributed by atoms with Gasteiger partial charge in [0.2, 0.25) is 0 Å². The molecule has 92 valence electrons. The minimum atomic E-state index is -0.623. The molecule has 0 aliphatic rings. The van der Waals surface area contributed by atoms with Crippen molar-refractivity contribution in [2.24, 2.45) is 5.73 Å². The van der Waals surface area contributed by atoms with Gasteiger partial charge in [0.25, 0.3) is 0 Å². The third-order valence-electron chi connectivity index (χ3n) is 2.14. The molecule has 1 atom stereocenters. The fourth-order valence-corrected chi connectivity index (χ4v) is 1.29. The number of nitrogens with two attached hydrogens (primary N) is 2. The third-order valence-corrected chi connectivity index (χ3v) is 2.14. The Kier molecular flexibility index (Phi) is 4.28. The van der Waals surface area contributed by atoms with Crippen LogP contribution in [-0.4, -0.2) is 39.7 Å². The van der Waals surface area contributed by atoms with Gasteiger partial charge in [-0.2, -0.15) is 5.10 Å². The highest BCUT2D eigenvalue weighted by Crippen LogP contribution is 2.13. The monoisotopic (exact) mass is 228 g/mol. The zero-order valence-corrected chi connectivity index (χ0v) is 9.76. The Balaban J connectivity index is 2.45. The lowest BCUT2D eigenvalue weighted by molar-refractivity contribution is -0.0667. The Morgan fingerprint density at radius 2 is 2.31 bits per heavy atom. The second kappa shape index (κ2) is 5.29. The number of nitrogen functional groups attached to an aromatic ring is 1. The summed E-state index contributed by atoms with van der Waals surface area (Å²) in [5, 5.41) is 13.4. The van der Waals surface area contributed by atoms with E-state index < -0.39 is 11.7 Å². The molecule has 5 N–H and O–H groups in total. The van der Waals surface area contributed by atoms with Crippen molar-refractivity contribution >= 4 is 5.82 Å². The highest BCUT2D eigenvalue weighted by Gasteiger charge is 2.21. The lowest BCUT2D eigenvalue weighted by atomic mass is 10.1. The normalized spacial score (nSPS) is 14.0. The molecule has 0 aromatic carbocycles. The van der Waals surface area contributed by atoms with E-state index in [1.807, 2.05) is 13.8 Å². The SMILES string of the molecule is CC(C)(Cn1ccc(N)n1)OC[C@@H](O)CN. The molecule has 1 aromatic rings. The molecule has 0 aliphatic carbocycles. The van der Waals surface area contributed by atoms with Crippen LogP contribution in [0.15, 0.2) is 12.3 Å². The largest absolute Gasteiger partial charge is 0.389 e. The molecule has 0 unspecified atom stereocenters. The van der Waals surface area contributed by atoms with Crippen LogP contribution in [0.5, 0.6) is 0 Å². The van der Waals surface area contributed by atoms with E-state index in [0.29, 0.717) is 12.4 Å². The summed E-state index contributed by atoms with van der Waals surface area (Å²) in [6.07, 6.45) is 1.17. The summed E-state index contributed by atoms with van der Waals surface area (Å²) >= 11 is 0. The summed E-state index contributed by atoms with van der Waals surface area (Å²) in [7, 11) is 0. The Morgan fingerprint density at radius 3 is 2.81 bits per heavy atom. The Labute approximate surface area is 95.2 Å². The predicted molar refractivity (Wildman–Crippen MR) is 61.7 cm³/mol. The van der Waals surface area contributed by atoms with E-state index in [9.17, 15) is 5.11 Å². The summed E-state index contributed by atoms with van der Waals surface area (Å²) in [6.45, 7) is 4.84. The van der Waals surface area contributed by atoms with Crippen molar-refractivity contribution < 1.29 is 9.84 Å². The first-order valence-corrected chi connectivity index (χ1v) is 5.24. The molecule has 6 heteroatoms. The maximum atomic E-state index is 9.30. The number of rotatable bonds is 6. The molecule has 6 nitrogen and oxygen atoms in total. The standard InChI is InChI=1S/C10H20N4O2/c1-10(2,16-6-8(15)5-11)7-14-4-3-9(12)13-14/h3-4,8,15H,5-7,11H2,1-2H3,(H2,12,13)/t8-/m0/s1. The van der Waals surface area contributed by atoms with Crippen LogP contribution in [0, 0.1) is 0 Å². The number of anilines is 1. The Hall–Kier alpha value is -1.11. The number of hydrogen-bond donors (Lipinski definition) is 3. The molecule has 0 fully saturated rings. The van der Waals surface area contributed by atoms with Crippen LogP contribution in [0.1, 0.15) is 13.8 Å². The Bertz CT molecular complexity index is 324. The second-order valence-corrected chi connectivity index (χ2v) is 4.40. The summed E-state index contributed by atoms with van der Waals surface area (Å²) in [6, 6.07) is 1.73. The van der Waals surface area contributed by atoms with E-state index in [1.165, 1.54) is 0 Å². The lowest BCUT2D eigenvalue weighted by Crippen LogP contribution is -2.36. The van der Waals surface area contributed by atoms with Crippen molar-refractivity contribution in [2.75, 3.05) is 18.9 Å². The topological polar surface area (TPSA) is 99.3 Å². The fraction of sp³-hybridized carbons (Fsp3) is 0.700. The van der Waals surface area contributed by atoms with E-state index in [0.717, 1.165) is 0 Å². The summed E-state index contributed by atoms with van der Waals surface area (Å²) < 4.78 is 7.28. The van der Waals surface area contributed by atoms with Crippen molar-refractivity contribution in [3.63, 3.8) is 0 Å². The average Bonchev–Trinajstić information content (AvgIpc) is 2.59. The Morgan fingerprint density at radius 1 is 1.62 bits per heavy atom. The van der Waals surface area contributed by atoms with Gasteiger partial charge in [-0.15, -0.1) is 0 Å². The third kappa shape index (κ3) is 4.18. The summed E-state index contributed by atoms with van der Waals surface area (Å²) in [4.78, 5) is 0. The fourth-order valence-electron chi connectivity index (χ4n) is 1.29. The van der Waals surface area contributed by atoms with Gasteiger partial charge in [0.05, 0.1) is 24.9 Å². The molecule has 0 saturated carbocycles. The van der Waals surface area contributed by atoms with Crippen LogP contribution < -0.4 is 11.5 Å². The van der Waals surface area contributed by atoms with Gasteiger partial charge in [0, 0.05) is 12.7 Å². The van der Waals surface area contributed by atoms with Gasteiger partial charge in [-0.25, -0.2) is 0 Å². The lowest BCUT2D eigenvalue weighted by Gasteiger charge is -2.26. The molecule has 0 amide bonds. The number of nitrogens with zero attached hydrogens (tertiary/aromatic N) is 2. The summed E-state index contributed by atoms with van der Waals surface area (Å²) in [5.74, 6) is 0.484. The quantitative estimate of drug-likeness (QED) is 0.614. The molecule has 1 rings (SSSR count). The van der Waals surface area contributed by atoms with Gasteiger partial charge in [0.1, 0.15) is 5.82 Å². The summed E-state index contributed by atoms with van der Waals surface area (Å²) in [5.41, 5.74) is 10.4. The van der Waals surface area contributed by atoms with Crippen LogP contribution in [0.4, 0.5) is 5.82 Å². The zero-order valence-electron chi connectivity index (χ0n) is 9.76. The molecular weight excluding hydrogens is 208 g/mol. The maximum absolute atomic E-state index is 9.30. The van der Waals surface area contributed by atoms with E-state index in [4.69, 9.17) is 16.2 Å².